The number of fused-ring (bicyclic) bond motifs is 1. The number of rotatable bonds is 6. The standard InChI is InChI=1S/C22H18F3N9O/c23-22(24,25)19-17(12-31-34(19)18-3-1-2-13-10-28-6-4-16(13)18)21(35)32-15-8-14(9-27)20(29-11-15)33-30-7-5-26/h1-3,5,7-8,11-12,26,28H,4,6,10H2,(H,29,33)(H,32,35)/b26-5?,30-7-. The molecule has 0 unspecified atom stereocenters. The number of halogens is 3. The third-order valence-corrected chi connectivity index (χ3v) is 5.21. The average molecular weight is 481 g/mol. The maximum atomic E-state index is 14.1. The van der Waals surface area contributed by atoms with Gasteiger partial charge in [0.2, 0.25) is 0 Å². The van der Waals surface area contributed by atoms with Gasteiger partial charge in [0.25, 0.3) is 5.91 Å². The number of alkyl halides is 3. The number of carbonyl (C=O) groups excluding carboxylic acids is 1. The van der Waals surface area contributed by atoms with E-state index in [0.29, 0.717) is 19.5 Å². The van der Waals surface area contributed by atoms with Crippen LogP contribution in [0.3, 0.4) is 0 Å². The lowest BCUT2D eigenvalue weighted by Gasteiger charge is -2.21. The lowest BCUT2D eigenvalue weighted by atomic mass is 9.99. The summed E-state index contributed by atoms with van der Waals surface area (Å²) in [5.74, 6) is -1.00. The first-order valence-corrected chi connectivity index (χ1v) is 10.3. The molecule has 1 aliphatic rings. The van der Waals surface area contributed by atoms with Crippen molar-refractivity contribution >= 4 is 29.8 Å². The van der Waals surface area contributed by atoms with Gasteiger partial charge in [-0.2, -0.15) is 28.6 Å². The van der Waals surface area contributed by atoms with Crippen LogP contribution >= 0.6 is 0 Å². The summed E-state index contributed by atoms with van der Waals surface area (Å²) in [5, 5.41) is 29.3. The highest BCUT2D eigenvalue weighted by Gasteiger charge is 2.41. The summed E-state index contributed by atoms with van der Waals surface area (Å²) in [7, 11) is 0. The number of nitrogens with zero attached hydrogens (tertiary/aromatic N) is 5. The fourth-order valence-electron chi connectivity index (χ4n) is 3.72. The number of nitriles is 1. The van der Waals surface area contributed by atoms with Gasteiger partial charge in [-0.3, -0.25) is 10.2 Å². The predicted molar refractivity (Wildman–Crippen MR) is 122 cm³/mol. The minimum Gasteiger partial charge on any atom is -0.320 e. The second-order valence-electron chi connectivity index (χ2n) is 7.40. The summed E-state index contributed by atoms with van der Waals surface area (Å²) in [6.45, 7) is 1.15. The molecular weight excluding hydrogens is 463 g/mol. The van der Waals surface area contributed by atoms with Crippen LogP contribution in [0.4, 0.5) is 24.7 Å². The highest BCUT2D eigenvalue weighted by molar-refractivity contribution is 6.14. The highest BCUT2D eigenvalue weighted by atomic mass is 19.4. The van der Waals surface area contributed by atoms with E-state index in [4.69, 9.17) is 5.41 Å². The lowest BCUT2D eigenvalue weighted by molar-refractivity contribution is -0.143. The van der Waals surface area contributed by atoms with Gasteiger partial charge in [0.1, 0.15) is 6.07 Å². The molecule has 0 fully saturated rings. The molecule has 3 heterocycles. The van der Waals surface area contributed by atoms with Gasteiger partial charge in [-0.15, -0.1) is 0 Å². The number of carbonyl (C=O) groups is 1. The largest absolute Gasteiger partial charge is 0.434 e. The summed E-state index contributed by atoms with van der Waals surface area (Å²) in [6, 6.07) is 8.13. The molecule has 0 radical (unpaired) electrons. The molecule has 1 aliphatic heterocycles. The zero-order chi connectivity index (χ0) is 25.0. The molecule has 0 spiro atoms. The molecule has 2 aromatic heterocycles. The molecule has 0 saturated carbocycles. The van der Waals surface area contributed by atoms with E-state index in [9.17, 15) is 23.2 Å². The van der Waals surface area contributed by atoms with Crippen LogP contribution in [0.15, 0.2) is 41.8 Å². The van der Waals surface area contributed by atoms with Gasteiger partial charge in [0.15, 0.2) is 11.5 Å². The molecule has 0 saturated heterocycles. The van der Waals surface area contributed by atoms with Gasteiger partial charge in [0, 0.05) is 12.8 Å². The third kappa shape index (κ3) is 4.87. The molecule has 0 bridgehead atoms. The summed E-state index contributed by atoms with van der Waals surface area (Å²) >= 11 is 0. The molecule has 3 aromatic rings. The Morgan fingerprint density at radius 1 is 1.34 bits per heavy atom. The van der Waals surface area contributed by atoms with E-state index in [2.05, 4.69) is 31.2 Å². The zero-order valence-corrected chi connectivity index (χ0v) is 18.0. The summed E-state index contributed by atoms with van der Waals surface area (Å²) in [6.07, 6.45) is -0.269. The summed E-state index contributed by atoms with van der Waals surface area (Å²) < 4.78 is 43.2. The molecular formula is C22H18F3N9O. The minimum atomic E-state index is -4.87. The number of pyridine rings is 1. The Morgan fingerprint density at radius 3 is 2.91 bits per heavy atom. The molecule has 4 N–H and O–H groups in total. The normalized spacial score (nSPS) is 13.2. The summed E-state index contributed by atoms with van der Waals surface area (Å²) in [5.41, 5.74) is 2.47. The van der Waals surface area contributed by atoms with Gasteiger partial charge < -0.3 is 16.0 Å². The molecule has 4 rings (SSSR count). The van der Waals surface area contributed by atoms with Crippen molar-refractivity contribution in [3.63, 3.8) is 0 Å². The van der Waals surface area contributed by atoms with E-state index in [-0.39, 0.29) is 22.8 Å². The average Bonchev–Trinajstić information content (AvgIpc) is 3.30. The Kier molecular flexibility index (Phi) is 6.56. The Morgan fingerprint density at radius 2 is 2.17 bits per heavy atom. The Bertz CT molecular complexity index is 1360. The molecule has 1 amide bonds. The molecule has 0 aliphatic carbocycles. The fourth-order valence-corrected chi connectivity index (χ4v) is 3.72. The van der Waals surface area contributed by atoms with Gasteiger partial charge in [-0.1, -0.05) is 12.1 Å². The van der Waals surface area contributed by atoms with E-state index in [1.54, 1.807) is 12.1 Å². The number of benzene rings is 1. The zero-order valence-electron chi connectivity index (χ0n) is 18.0. The van der Waals surface area contributed by atoms with Crippen molar-refractivity contribution in [3.8, 4) is 11.8 Å². The number of amides is 1. The van der Waals surface area contributed by atoms with Gasteiger partial charge >= 0.3 is 6.18 Å². The van der Waals surface area contributed by atoms with E-state index in [1.165, 1.54) is 12.3 Å². The van der Waals surface area contributed by atoms with Crippen molar-refractivity contribution in [1.82, 2.24) is 20.1 Å². The molecule has 35 heavy (non-hydrogen) atoms. The molecule has 0 atom stereocenters. The van der Waals surface area contributed by atoms with Gasteiger partial charge in [0.05, 0.1) is 41.1 Å². The molecule has 10 nitrogen and oxygen atoms in total. The van der Waals surface area contributed by atoms with Crippen molar-refractivity contribution in [2.45, 2.75) is 19.1 Å². The van der Waals surface area contributed by atoms with Crippen molar-refractivity contribution in [2.24, 2.45) is 5.10 Å². The molecule has 13 heteroatoms. The number of hydrogen-bond donors (Lipinski definition) is 4. The smallest absolute Gasteiger partial charge is 0.320 e. The van der Waals surface area contributed by atoms with Crippen LogP contribution in [-0.4, -0.2) is 39.6 Å². The molecule has 178 valence electrons. The van der Waals surface area contributed by atoms with E-state index < -0.39 is 23.3 Å². The SMILES string of the molecule is N#Cc1cc(NC(=O)c2cnn(-c3cccc4c3CCNC4)c2C(F)(F)F)cnc1N/N=C\C=N. The highest BCUT2D eigenvalue weighted by Crippen LogP contribution is 2.35. The number of hydrazone groups is 1. The fraction of sp³-hybridized carbons (Fsp3) is 0.182. The maximum absolute atomic E-state index is 14.1. The first-order valence-electron chi connectivity index (χ1n) is 10.3. The quantitative estimate of drug-likeness (QED) is 0.315. The van der Waals surface area contributed by atoms with Crippen LogP contribution in [0.5, 0.6) is 0 Å². The van der Waals surface area contributed by atoms with Crippen molar-refractivity contribution in [2.75, 3.05) is 17.3 Å². The Hall–Kier alpha value is -4.57. The topological polar surface area (TPSA) is 144 Å². The first-order chi connectivity index (χ1) is 16.8. The van der Waals surface area contributed by atoms with E-state index in [1.807, 2.05) is 12.1 Å². The molecule has 1 aromatic carbocycles. The lowest BCUT2D eigenvalue weighted by Crippen LogP contribution is -2.26. The van der Waals surface area contributed by atoms with Gasteiger partial charge in [-0.25, -0.2) is 9.67 Å². The van der Waals surface area contributed by atoms with Crippen molar-refractivity contribution < 1.29 is 18.0 Å². The Balaban J connectivity index is 1.68. The number of anilines is 2. The maximum Gasteiger partial charge on any atom is 0.434 e. The van der Waals surface area contributed by atoms with Crippen LogP contribution in [0.25, 0.3) is 5.69 Å². The predicted octanol–water partition coefficient (Wildman–Crippen LogP) is 3.10. The number of nitrogens with one attached hydrogen (secondary N) is 4. The monoisotopic (exact) mass is 481 g/mol. The Labute approximate surface area is 197 Å². The van der Waals surface area contributed by atoms with Crippen LogP contribution in [-0.2, 0) is 19.1 Å². The third-order valence-electron chi connectivity index (χ3n) is 5.21. The number of aromatic nitrogens is 3. The van der Waals surface area contributed by atoms with Crippen LogP contribution in [0.1, 0.15) is 32.7 Å². The van der Waals surface area contributed by atoms with Crippen LogP contribution in [0, 0.1) is 16.7 Å². The van der Waals surface area contributed by atoms with Crippen LogP contribution < -0.4 is 16.1 Å². The second-order valence-corrected chi connectivity index (χ2v) is 7.40. The van der Waals surface area contributed by atoms with Gasteiger partial charge in [-0.05, 0) is 36.2 Å². The first kappa shape index (κ1) is 23.6. The number of hydrogen-bond acceptors (Lipinski definition) is 8. The van der Waals surface area contributed by atoms with E-state index in [0.717, 1.165) is 34.4 Å². The van der Waals surface area contributed by atoms with Crippen molar-refractivity contribution in [3.05, 3.63) is 64.6 Å². The minimum absolute atomic E-state index is 0.0113. The second kappa shape index (κ2) is 9.74. The van der Waals surface area contributed by atoms with Crippen LogP contribution in [0.2, 0.25) is 0 Å². The van der Waals surface area contributed by atoms with Crippen molar-refractivity contribution in [1.29, 1.82) is 10.7 Å². The summed E-state index contributed by atoms with van der Waals surface area (Å²) in [4.78, 5) is 16.8. The van der Waals surface area contributed by atoms with E-state index >= 15 is 0 Å².